The van der Waals surface area contributed by atoms with E-state index < -0.39 is 10.0 Å². The van der Waals surface area contributed by atoms with Gasteiger partial charge in [-0.15, -0.1) is 0 Å². The summed E-state index contributed by atoms with van der Waals surface area (Å²) in [5.74, 6) is 1.17. The third-order valence-electron chi connectivity index (χ3n) is 6.78. The summed E-state index contributed by atoms with van der Waals surface area (Å²) < 4.78 is 38.6. The lowest BCUT2D eigenvalue weighted by Gasteiger charge is -2.19. The second kappa shape index (κ2) is 9.50. The van der Waals surface area contributed by atoms with Gasteiger partial charge >= 0.3 is 0 Å². The standard InChI is InChI=1S/C29H25N3O5S/c1-19(8-9-20-12-15-25-26(16-20)37-18-36-25)30-31-29(33)23-13-10-21(11-14-23)17-32-24-6-2-4-22-5-3-7-27(28(22)24)38(32,34)35/h2-7,10-16H,8-9,17-18H2,1H3,(H,31,33). The number of anilines is 1. The number of rotatable bonds is 7. The van der Waals surface area contributed by atoms with Crippen molar-refractivity contribution in [1.29, 1.82) is 0 Å². The summed E-state index contributed by atoms with van der Waals surface area (Å²) in [7, 11) is -3.65. The molecule has 2 heterocycles. The van der Waals surface area contributed by atoms with Gasteiger partial charge in [0.1, 0.15) is 0 Å². The second-order valence-corrected chi connectivity index (χ2v) is 11.1. The SMILES string of the molecule is CC(CCc1ccc2c(c1)OCO2)=NNC(=O)c1ccc(CN2c3cccc4cccc(c34)S2(=O)=O)cc1. The molecule has 0 fully saturated rings. The zero-order valence-corrected chi connectivity index (χ0v) is 21.5. The molecule has 6 rings (SSSR count). The van der Waals surface area contributed by atoms with Gasteiger partial charge in [0.2, 0.25) is 6.79 Å². The third kappa shape index (κ3) is 4.35. The highest BCUT2D eigenvalue weighted by Crippen LogP contribution is 2.42. The Morgan fingerprint density at radius 3 is 2.50 bits per heavy atom. The number of benzene rings is 4. The monoisotopic (exact) mass is 527 g/mol. The van der Waals surface area contributed by atoms with Crippen LogP contribution in [0.5, 0.6) is 11.5 Å². The number of nitrogens with zero attached hydrogens (tertiary/aromatic N) is 2. The Balaban J connectivity index is 1.09. The van der Waals surface area contributed by atoms with Crippen molar-refractivity contribution >= 4 is 38.1 Å². The number of sulfonamides is 1. The molecular formula is C29H25N3O5S. The molecule has 0 aromatic heterocycles. The predicted molar refractivity (Wildman–Crippen MR) is 145 cm³/mol. The number of hydrazone groups is 1. The van der Waals surface area contributed by atoms with E-state index in [1.54, 1.807) is 36.4 Å². The largest absolute Gasteiger partial charge is 0.454 e. The molecular weight excluding hydrogens is 502 g/mol. The topological polar surface area (TPSA) is 97.3 Å². The zero-order valence-electron chi connectivity index (χ0n) is 20.7. The summed E-state index contributed by atoms with van der Waals surface area (Å²) in [6, 6.07) is 23.7. The first-order chi connectivity index (χ1) is 18.4. The van der Waals surface area contributed by atoms with Crippen LogP contribution >= 0.6 is 0 Å². The molecule has 0 radical (unpaired) electrons. The molecule has 1 amide bonds. The van der Waals surface area contributed by atoms with E-state index in [1.807, 2.05) is 49.4 Å². The van der Waals surface area contributed by atoms with Gasteiger partial charge in [0.25, 0.3) is 15.9 Å². The van der Waals surface area contributed by atoms with E-state index in [9.17, 15) is 13.2 Å². The summed E-state index contributed by atoms with van der Waals surface area (Å²) in [6.45, 7) is 2.29. The van der Waals surface area contributed by atoms with Crippen molar-refractivity contribution in [3.63, 3.8) is 0 Å². The van der Waals surface area contributed by atoms with Crippen molar-refractivity contribution in [2.24, 2.45) is 5.10 Å². The van der Waals surface area contributed by atoms with Crippen LogP contribution in [0.25, 0.3) is 10.8 Å². The first-order valence-electron chi connectivity index (χ1n) is 12.3. The van der Waals surface area contributed by atoms with Gasteiger partial charge in [0, 0.05) is 16.7 Å². The van der Waals surface area contributed by atoms with E-state index >= 15 is 0 Å². The highest BCUT2D eigenvalue weighted by Gasteiger charge is 2.35. The van der Waals surface area contributed by atoms with E-state index in [0.29, 0.717) is 22.6 Å². The lowest BCUT2D eigenvalue weighted by atomic mass is 10.1. The Kier molecular flexibility index (Phi) is 6.00. The lowest BCUT2D eigenvalue weighted by molar-refractivity contribution is 0.0954. The summed E-state index contributed by atoms with van der Waals surface area (Å²) in [4.78, 5) is 13.0. The molecule has 0 saturated heterocycles. The number of aryl methyl sites for hydroxylation is 1. The highest BCUT2D eigenvalue weighted by atomic mass is 32.2. The van der Waals surface area contributed by atoms with Crippen LogP contribution < -0.4 is 19.2 Å². The molecule has 8 nitrogen and oxygen atoms in total. The molecule has 38 heavy (non-hydrogen) atoms. The van der Waals surface area contributed by atoms with Crippen LogP contribution in [0.3, 0.4) is 0 Å². The van der Waals surface area contributed by atoms with Gasteiger partial charge in [-0.3, -0.25) is 9.10 Å². The highest BCUT2D eigenvalue weighted by molar-refractivity contribution is 7.93. The summed E-state index contributed by atoms with van der Waals surface area (Å²) >= 11 is 0. The lowest BCUT2D eigenvalue weighted by Crippen LogP contribution is -2.26. The zero-order chi connectivity index (χ0) is 26.3. The number of carbonyl (C=O) groups excluding carboxylic acids is 1. The molecule has 4 aromatic carbocycles. The smallest absolute Gasteiger partial charge is 0.271 e. The first kappa shape index (κ1) is 24.0. The number of hydrogen-bond donors (Lipinski definition) is 1. The Labute approximate surface area is 220 Å². The molecule has 0 spiro atoms. The first-order valence-corrected chi connectivity index (χ1v) is 13.7. The second-order valence-electron chi connectivity index (χ2n) is 9.32. The number of amides is 1. The summed E-state index contributed by atoms with van der Waals surface area (Å²) in [5.41, 5.74) is 6.39. The van der Waals surface area contributed by atoms with Crippen LogP contribution in [0.2, 0.25) is 0 Å². The molecule has 0 bridgehead atoms. The van der Waals surface area contributed by atoms with Gasteiger partial charge in [-0.1, -0.05) is 42.5 Å². The van der Waals surface area contributed by atoms with Gasteiger partial charge < -0.3 is 9.47 Å². The maximum Gasteiger partial charge on any atom is 0.271 e. The number of nitrogens with one attached hydrogen (secondary N) is 1. The fraction of sp³-hybridized carbons (Fsp3) is 0.172. The van der Waals surface area contributed by atoms with E-state index in [1.165, 1.54) is 4.31 Å². The minimum absolute atomic E-state index is 0.176. The van der Waals surface area contributed by atoms with Gasteiger partial charge in [-0.2, -0.15) is 5.10 Å². The molecule has 9 heteroatoms. The number of fused-ring (bicyclic) bond motifs is 1. The quantitative estimate of drug-likeness (QED) is 0.269. The Morgan fingerprint density at radius 2 is 1.68 bits per heavy atom. The maximum atomic E-state index is 13.2. The fourth-order valence-corrected chi connectivity index (χ4v) is 6.44. The molecule has 4 aromatic rings. The van der Waals surface area contributed by atoms with Crippen molar-refractivity contribution in [2.75, 3.05) is 11.1 Å². The Hall–Kier alpha value is -4.37. The van der Waals surface area contributed by atoms with Gasteiger partial charge in [-0.05, 0) is 72.7 Å². The van der Waals surface area contributed by atoms with Crippen LogP contribution in [0.1, 0.15) is 34.8 Å². The van der Waals surface area contributed by atoms with Crippen LogP contribution in [0, 0.1) is 0 Å². The van der Waals surface area contributed by atoms with E-state index in [0.717, 1.165) is 45.5 Å². The van der Waals surface area contributed by atoms with Crippen LogP contribution in [-0.4, -0.2) is 26.8 Å². The summed E-state index contributed by atoms with van der Waals surface area (Å²) in [6.07, 6.45) is 1.44. The van der Waals surface area contributed by atoms with Crippen LogP contribution in [0.15, 0.2) is 88.9 Å². The predicted octanol–water partition coefficient (Wildman–Crippen LogP) is 5.02. The van der Waals surface area contributed by atoms with Crippen molar-refractivity contribution in [3.8, 4) is 11.5 Å². The average molecular weight is 528 g/mol. The van der Waals surface area contributed by atoms with Crippen LogP contribution in [-0.2, 0) is 23.0 Å². The van der Waals surface area contributed by atoms with Crippen molar-refractivity contribution < 1.29 is 22.7 Å². The maximum absolute atomic E-state index is 13.2. The molecule has 0 atom stereocenters. The molecule has 2 aliphatic rings. The molecule has 1 N–H and O–H groups in total. The molecule has 192 valence electrons. The average Bonchev–Trinajstić information content (AvgIpc) is 3.48. The number of hydrogen-bond acceptors (Lipinski definition) is 6. The van der Waals surface area contributed by atoms with E-state index in [-0.39, 0.29) is 19.2 Å². The Bertz CT molecular complexity index is 1690. The van der Waals surface area contributed by atoms with Crippen LogP contribution in [0.4, 0.5) is 5.69 Å². The normalized spacial score (nSPS) is 15.2. The molecule has 2 aliphatic heterocycles. The van der Waals surface area contributed by atoms with Gasteiger partial charge in [0.15, 0.2) is 11.5 Å². The molecule has 0 aliphatic carbocycles. The van der Waals surface area contributed by atoms with Crippen molar-refractivity contribution in [1.82, 2.24) is 5.43 Å². The number of carbonyl (C=O) groups is 1. The molecule has 0 saturated carbocycles. The van der Waals surface area contributed by atoms with Gasteiger partial charge in [-0.25, -0.2) is 13.8 Å². The summed E-state index contributed by atoms with van der Waals surface area (Å²) in [5, 5.41) is 5.87. The number of ether oxygens (including phenoxy) is 2. The van der Waals surface area contributed by atoms with Gasteiger partial charge in [0.05, 0.1) is 17.1 Å². The van der Waals surface area contributed by atoms with Crippen molar-refractivity contribution in [3.05, 3.63) is 95.6 Å². The minimum atomic E-state index is -3.65. The van der Waals surface area contributed by atoms with E-state index in [2.05, 4.69) is 10.5 Å². The minimum Gasteiger partial charge on any atom is -0.454 e. The van der Waals surface area contributed by atoms with Crippen molar-refractivity contribution in [2.45, 2.75) is 31.2 Å². The third-order valence-corrected chi connectivity index (χ3v) is 8.59. The fourth-order valence-electron chi connectivity index (χ4n) is 4.74. The van der Waals surface area contributed by atoms with E-state index in [4.69, 9.17) is 9.47 Å². The Morgan fingerprint density at radius 1 is 0.947 bits per heavy atom. The molecule has 0 unspecified atom stereocenters.